The highest BCUT2D eigenvalue weighted by atomic mass is 35.5. The van der Waals surface area contributed by atoms with Gasteiger partial charge in [0.2, 0.25) is 0 Å². The summed E-state index contributed by atoms with van der Waals surface area (Å²) < 4.78 is 16.0. The van der Waals surface area contributed by atoms with Gasteiger partial charge in [0, 0.05) is 48.0 Å². The Kier molecular flexibility index (Phi) is 6.64. The number of hydrogen-bond acceptors (Lipinski definition) is 5. The van der Waals surface area contributed by atoms with Crippen molar-refractivity contribution in [1.29, 1.82) is 0 Å². The first-order chi connectivity index (χ1) is 18.0. The summed E-state index contributed by atoms with van der Waals surface area (Å²) >= 11 is 6.39. The second-order valence-corrected chi connectivity index (χ2v) is 14.0. The van der Waals surface area contributed by atoms with E-state index in [0.717, 1.165) is 33.4 Å². The molecular weight excluding hydrogens is 517 g/mol. The molecule has 38 heavy (non-hydrogen) atoms. The number of imidazole rings is 1. The summed E-state index contributed by atoms with van der Waals surface area (Å²) in [5, 5.41) is 1.40. The van der Waals surface area contributed by atoms with Crippen LogP contribution in [0.5, 0.6) is 0 Å². The molecule has 1 unspecified atom stereocenters. The van der Waals surface area contributed by atoms with Crippen LogP contribution in [0.25, 0.3) is 22.2 Å². The molecule has 1 atom stereocenters. The van der Waals surface area contributed by atoms with Crippen LogP contribution >= 0.6 is 18.7 Å². The van der Waals surface area contributed by atoms with Crippen LogP contribution in [0.15, 0.2) is 84.0 Å². The van der Waals surface area contributed by atoms with Gasteiger partial charge in [-0.15, -0.1) is 0 Å². The molecule has 3 heterocycles. The smallest absolute Gasteiger partial charge is 0.251 e. The summed E-state index contributed by atoms with van der Waals surface area (Å²) in [5.74, 6) is 0. The van der Waals surface area contributed by atoms with Gasteiger partial charge in [-0.2, -0.15) is 0 Å². The van der Waals surface area contributed by atoms with Gasteiger partial charge in [-0.25, -0.2) is 4.98 Å². The predicted molar refractivity (Wildman–Crippen MR) is 154 cm³/mol. The van der Waals surface area contributed by atoms with Gasteiger partial charge < -0.3 is 19.4 Å². The van der Waals surface area contributed by atoms with Crippen LogP contribution in [0.2, 0.25) is 5.02 Å². The van der Waals surface area contributed by atoms with E-state index in [1.807, 2.05) is 72.3 Å². The SMILES string of the molecule is Cn1cncc1C(N)(c1cccc(Cl)c1)c1ccc2c(c1)c(-c1cccc(CP(C)(C)=O)n1)cc(=O)n2C. The molecule has 2 aromatic carbocycles. The summed E-state index contributed by atoms with van der Waals surface area (Å²) in [4.78, 5) is 22.1. The van der Waals surface area contributed by atoms with Gasteiger partial charge in [0.25, 0.3) is 5.56 Å². The van der Waals surface area contributed by atoms with E-state index in [9.17, 15) is 9.36 Å². The molecule has 0 saturated heterocycles. The van der Waals surface area contributed by atoms with Crippen molar-refractivity contribution in [2.75, 3.05) is 13.3 Å². The fourth-order valence-corrected chi connectivity index (χ4v) is 6.11. The highest BCUT2D eigenvalue weighted by molar-refractivity contribution is 7.61. The normalized spacial score (nSPS) is 13.5. The van der Waals surface area contributed by atoms with Gasteiger partial charge in [-0.1, -0.05) is 35.9 Å². The molecule has 0 spiro atoms. The van der Waals surface area contributed by atoms with E-state index >= 15 is 0 Å². The van der Waals surface area contributed by atoms with E-state index in [4.69, 9.17) is 22.3 Å². The van der Waals surface area contributed by atoms with Crippen molar-refractivity contribution in [2.45, 2.75) is 11.7 Å². The minimum atomic E-state index is -2.33. The Labute approximate surface area is 226 Å². The van der Waals surface area contributed by atoms with Crippen molar-refractivity contribution >= 4 is 29.6 Å². The van der Waals surface area contributed by atoms with E-state index < -0.39 is 12.7 Å². The number of aromatic nitrogens is 4. The standard InChI is InChI=1S/C29H29ClN5O2P/c1-34-18-32-16-27(34)29(31,19-7-5-8-21(30)13-19)20-11-12-26-24(14-20)23(15-28(36)35(26)2)25-10-6-9-22(33-25)17-38(3,4)37/h5-16,18H,17,31H2,1-4H3. The van der Waals surface area contributed by atoms with E-state index in [2.05, 4.69) is 4.98 Å². The highest BCUT2D eigenvalue weighted by Gasteiger charge is 2.35. The van der Waals surface area contributed by atoms with Crippen molar-refractivity contribution in [2.24, 2.45) is 19.8 Å². The molecule has 0 saturated carbocycles. The predicted octanol–water partition coefficient (Wildman–Crippen LogP) is 5.36. The van der Waals surface area contributed by atoms with Crippen LogP contribution in [0.3, 0.4) is 0 Å². The van der Waals surface area contributed by atoms with E-state index in [1.165, 1.54) is 0 Å². The fraction of sp³-hybridized carbons (Fsp3) is 0.207. The third kappa shape index (κ3) is 4.73. The molecule has 0 fully saturated rings. The summed E-state index contributed by atoms with van der Waals surface area (Å²) in [6.07, 6.45) is 3.86. The number of nitrogens with two attached hydrogens (primary N) is 1. The van der Waals surface area contributed by atoms with Gasteiger partial charge in [0.15, 0.2) is 0 Å². The lowest BCUT2D eigenvalue weighted by Gasteiger charge is -2.32. The first-order valence-electron chi connectivity index (χ1n) is 12.1. The van der Waals surface area contributed by atoms with Crippen molar-refractivity contribution < 1.29 is 4.57 Å². The number of fused-ring (bicyclic) bond motifs is 1. The lowest BCUT2D eigenvalue weighted by molar-refractivity contribution is 0.581. The molecule has 0 aliphatic heterocycles. The molecule has 0 amide bonds. The Bertz CT molecular complexity index is 1790. The largest absolute Gasteiger partial charge is 0.336 e. The molecule has 194 valence electrons. The van der Waals surface area contributed by atoms with Crippen LogP contribution in [-0.4, -0.2) is 32.4 Å². The summed E-state index contributed by atoms with van der Waals surface area (Å²) in [6, 6.07) is 20.6. The van der Waals surface area contributed by atoms with Gasteiger partial charge in [-0.05, 0) is 60.9 Å². The number of rotatable bonds is 6. The zero-order valence-electron chi connectivity index (χ0n) is 21.7. The molecule has 0 aliphatic carbocycles. The van der Waals surface area contributed by atoms with Gasteiger partial charge in [0.1, 0.15) is 5.54 Å². The first kappa shape index (κ1) is 26.1. The fourth-order valence-electron chi connectivity index (χ4n) is 4.96. The van der Waals surface area contributed by atoms with Gasteiger partial charge in [-0.3, -0.25) is 9.78 Å². The zero-order valence-corrected chi connectivity index (χ0v) is 23.4. The summed E-state index contributed by atoms with van der Waals surface area (Å²) in [7, 11) is 1.32. The Morgan fingerprint density at radius 2 is 1.74 bits per heavy atom. The number of halogens is 1. The van der Waals surface area contributed by atoms with E-state index in [1.54, 1.807) is 43.5 Å². The number of aryl methyl sites for hydroxylation is 2. The molecule has 0 radical (unpaired) electrons. The van der Waals surface area contributed by atoms with Crippen molar-refractivity contribution in [3.63, 3.8) is 0 Å². The Balaban J connectivity index is 1.79. The molecule has 0 aliphatic rings. The van der Waals surface area contributed by atoms with Gasteiger partial charge >= 0.3 is 0 Å². The summed E-state index contributed by atoms with van der Waals surface area (Å²) in [5.41, 5.74) is 11.2. The van der Waals surface area contributed by atoms with Crippen LogP contribution in [0.1, 0.15) is 22.5 Å². The zero-order chi connectivity index (χ0) is 27.2. The number of hydrogen-bond donors (Lipinski definition) is 1. The maximum Gasteiger partial charge on any atom is 0.251 e. The molecule has 9 heteroatoms. The third-order valence-corrected chi connectivity index (χ3v) is 8.15. The Hall–Kier alpha value is -3.51. The third-order valence-electron chi connectivity index (χ3n) is 6.83. The van der Waals surface area contributed by atoms with Crippen LogP contribution < -0.4 is 11.3 Å². The monoisotopic (exact) mass is 545 g/mol. The Morgan fingerprint density at radius 3 is 2.42 bits per heavy atom. The van der Waals surface area contributed by atoms with E-state index in [0.29, 0.717) is 22.4 Å². The number of pyridine rings is 2. The van der Waals surface area contributed by atoms with Crippen LogP contribution in [-0.2, 0) is 30.4 Å². The average molecular weight is 546 g/mol. The highest BCUT2D eigenvalue weighted by Crippen LogP contribution is 2.41. The molecule has 5 aromatic rings. The maximum atomic E-state index is 13.0. The molecule has 0 bridgehead atoms. The maximum absolute atomic E-state index is 13.0. The lowest BCUT2D eigenvalue weighted by Crippen LogP contribution is -2.41. The first-order valence-corrected chi connectivity index (χ1v) is 15.3. The number of benzene rings is 2. The molecule has 7 nitrogen and oxygen atoms in total. The van der Waals surface area contributed by atoms with Crippen molar-refractivity contribution in [3.8, 4) is 11.3 Å². The minimum Gasteiger partial charge on any atom is -0.336 e. The molecule has 5 rings (SSSR count). The molecule has 2 N–H and O–H groups in total. The minimum absolute atomic E-state index is 0.149. The van der Waals surface area contributed by atoms with Crippen molar-refractivity contribution in [1.82, 2.24) is 19.1 Å². The molecular formula is C29H29ClN5O2P. The lowest BCUT2D eigenvalue weighted by atomic mass is 9.80. The average Bonchev–Trinajstić information content (AvgIpc) is 3.31. The summed E-state index contributed by atoms with van der Waals surface area (Å²) in [6.45, 7) is 3.49. The second kappa shape index (κ2) is 9.66. The molecule has 3 aromatic heterocycles. The van der Waals surface area contributed by atoms with Crippen LogP contribution in [0.4, 0.5) is 0 Å². The number of nitrogens with zero attached hydrogens (tertiary/aromatic N) is 4. The Morgan fingerprint density at radius 1 is 1.00 bits per heavy atom. The quantitative estimate of drug-likeness (QED) is 0.290. The van der Waals surface area contributed by atoms with Crippen molar-refractivity contribution in [3.05, 3.63) is 117 Å². The van der Waals surface area contributed by atoms with E-state index in [-0.39, 0.29) is 5.56 Å². The second-order valence-electron chi connectivity index (χ2n) is 10.1. The van der Waals surface area contributed by atoms with Gasteiger partial charge in [0.05, 0.1) is 36.6 Å². The topological polar surface area (TPSA) is 95.8 Å². The van der Waals surface area contributed by atoms with Crippen LogP contribution in [0, 0.1) is 0 Å².